The molecule has 4 nitrogen and oxygen atoms in total. The van der Waals surface area contributed by atoms with E-state index in [-0.39, 0.29) is 11.2 Å². The van der Waals surface area contributed by atoms with Gasteiger partial charge < -0.3 is 15.5 Å². The van der Waals surface area contributed by atoms with Gasteiger partial charge in [-0.25, -0.2) is 0 Å². The third-order valence-corrected chi connectivity index (χ3v) is 4.12. The van der Waals surface area contributed by atoms with Crippen LogP contribution in [0.4, 0.5) is 5.69 Å². The van der Waals surface area contributed by atoms with Crippen molar-refractivity contribution < 1.29 is 15.0 Å². The summed E-state index contributed by atoms with van der Waals surface area (Å²) in [7, 11) is 0. The smallest absolute Gasteiger partial charge is 0.257 e. The Kier molecular flexibility index (Phi) is 3.42. The van der Waals surface area contributed by atoms with E-state index in [1.165, 1.54) is 11.8 Å². The first-order chi connectivity index (χ1) is 7.99. The predicted molar refractivity (Wildman–Crippen MR) is 67.0 cm³/mol. The maximum absolute atomic E-state index is 11.3. The molecule has 92 valence electrons. The van der Waals surface area contributed by atoms with E-state index in [1.54, 1.807) is 13.0 Å². The lowest BCUT2D eigenvalue weighted by Crippen LogP contribution is -2.14. The van der Waals surface area contributed by atoms with Crippen LogP contribution < -0.4 is 5.32 Å². The summed E-state index contributed by atoms with van der Waals surface area (Å²) in [6, 6.07) is 5.42. The highest BCUT2D eigenvalue weighted by molar-refractivity contribution is 8.00. The molecule has 2 rings (SSSR count). The minimum Gasteiger partial charge on any atom is -0.392 e. The molecule has 3 atom stereocenters. The van der Waals surface area contributed by atoms with Crippen LogP contribution in [0.2, 0.25) is 0 Å². The second kappa shape index (κ2) is 4.68. The number of carbonyl (C=O) groups excluding carboxylic acids is 1. The maximum atomic E-state index is 11.3. The van der Waals surface area contributed by atoms with E-state index < -0.39 is 12.2 Å². The average Bonchev–Trinajstić information content (AvgIpc) is 2.54. The molecule has 5 heteroatoms. The van der Waals surface area contributed by atoms with Gasteiger partial charge in [-0.15, -0.1) is 11.8 Å². The molecule has 0 bridgehead atoms. The van der Waals surface area contributed by atoms with Gasteiger partial charge in [-0.2, -0.15) is 0 Å². The Labute approximate surface area is 104 Å². The van der Waals surface area contributed by atoms with E-state index in [2.05, 4.69) is 5.32 Å². The molecule has 3 N–H and O–H groups in total. The van der Waals surface area contributed by atoms with Gasteiger partial charge in [0, 0.05) is 21.4 Å². The van der Waals surface area contributed by atoms with Crippen molar-refractivity contribution in [2.24, 2.45) is 0 Å². The van der Waals surface area contributed by atoms with Crippen LogP contribution >= 0.6 is 11.8 Å². The molecule has 1 aromatic rings. The summed E-state index contributed by atoms with van der Waals surface area (Å²) in [5, 5.41) is 21.7. The van der Waals surface area contributed by atoms with Crippen LogP contribution in [0.25, 0.3) is 0 Å². The van der Waals surface area contributed by atoms with Gasteiger partial charge in [0.25, 0.3) is 5.91 Å². The quantitative estimate of drug-likeness (QED) is 0.715. The van der Waals surface area contributed by atoms with Crippen LogP contribution in [-0.2, 0) is 4.79 Å². The molecular weight excluding hydrogens is 238 g/mol. The normalized spacial score (nSPS) is 21.9. The van der Waals surface area contributed by atoms with Crippen LogP contribution in [0.5, 0.6) is 0 Å². The van der Waals surface area contributed by atoms with Crippen molar-refractivity contribution in [3.63, 3.8) is 0 Å². The number of hydrogen-bond acceptors (Lipinski definition) is 4. The lowest BCUT2D eigenvalue weighted by atomic mass is 10.1. The lowest BCUT2D eigenvalue weighted by molar-refractivity contribution is -0.123. The number of anilines is 1. The van der Waals surface area contributed by atoms with Crippen LogP contribution in [0.1, 0.15) is 25.5 Å². The Hall–Kier alpha value is -1.04. The number of hydrogen-bond donors (Lipinski definition) is 3. The standard InChI is InChI=1S/C12H15NO3S/c1-6(14)7(2)17-8-3-4-9-10(5-8)13-12(16)11(9)15/h3-7,11,14-15H,1-2H3,(H,13,16). The molecule has 1 aliphatic heterocycles. The minimum atomic E-state index is -1.06. The summed E-state index contributed by atoms with van der Waals surface area (Å²) < 4.78 is 0. The summed E-state index contributed by atoms with van der Waals surface area (Å²) in [5.41, 5.74) is 1.27. The molecule has 17 heavy (non-hydrogen) atoms. The number of fused-ring (bicyclic) bond motifs is 1. The summed E-state index contributed by atoms with van der Waals surface area (Å²) >= 11 is 1.54. The van der Waals surface area contributed by atoms with E-state index in [0.29, 0.717) is 11.3 Å². The Morgan fingerprint density at radius 3 is 2.76 bits per heavy atom. The van der Waals surface area contributed by atoms with Gasteiger partial charge in [-0.05, 0) is 19.1 Å². The number of carbonyl (C=O) groups is 1. The molecule has 1 amide bonds. The molecular formula is C12H15NO3S. The predicted octanol–water partition coefficient (Wildman–Crippen LogP) is 1.53. The first-order valence-corrected chi connectivity index (χ1v) is 6.34. The molecule has 0 radical (unpaired) electrons. The summed E-state index contributed by atoms with van der Waals surface area (Å²) in [6.45, 7) is 3.69. The van der Waals surface area contributed by atoms with E-state index in [1.807, 2.05) is 19.1 Å². The Morgan fingerprint density at radius 2 is 2.12 bits per heavy atom. The first-order valence-electron chi connectivity index (χ1n) is 5.46. The Balaban J connectivity index is 2.19. The van der Waals surface area contributed by atoms with Gasteiger partial charge in [0.05, 0.1) is 6.10 Å². The van der Waals surface area contributed by atoms with Crippen LogP contribution in [0.3, 0.4) is 0 Å². The van der Waals surface area contributed by atoms with Crippen molar-refractivity contribution in [2.45, 2.75) is 36.2 Å². The monoisotopic (exact) mass is 253 g/mol. The Morgan fingerprint density at radius 1 is 1.41 bits per heavy atom. The highest BCUT2D eigenvalue weighted by Gasteiger charge is 2.28. The number of thioether (sulfide) groups is 1. The van der Waals surface area contributed by atoms with Gasteiger partial charge in [0.15, 0.2) is 6.10 Å². The second-order valence-electron chi connectivity index (χ2n) is 4.20. The number of aliphatic hydroxyl groups excluding tert-OH is 2. The summed E-state index contributed by atoms with van der Waals surface area (Å²) in [5.74, 6) is -0.384. The molecule has 1 aromatic carbocycles. The minimum absolute atomic E-state index is 0.0788. The van der Waals surface area contributed by atoms with E-state index in [9.17, 15) is 15.0 Å². The number of benzene rings is 1. The van der Waals surface area contributed by atoms with Crippen molar-refractivity contribution >= 4 is 23.4 Å². The highest BCUT2D eigenvalue weighted by atomic mass is 32.2. The fraction of sp³-hybridized carbons (Fsp3) is 0.417. The highest BCUT2D eigenvalue weighted by Crippen LogP contribution is 2.35. The Bertz CT molecular complexity index is 447. The second-order valence-corrected chi connectivity index (χ2v) is 5.66. The molecule has 0 aromatic heterocycles. The van der Waals surface area contributed by atoms with Gasteiger partial charge in [-0.3, -0.25) is 4.79 Å². The fourth-order valence-corrected chi connectivity index (χ4v) is 2.57. The molecule has 3 unspecified atom stereocenters. The SMILES string of the molecule is CC(O)C(C)Sc1ccc2c(c1)NC(=O)C2O. The first kappa shape index (κ1) is 12.4. The summed E-state index contributed by atoms with van der Waals surface area (Å²) in [4.78, 5) is 12.2. The van der Waals surface area contributed by atoms with E-state index in [0.717, 1.165) is 4.90 Å². The molecule has 0 fully saturated rings. The molecule has 0 aliphatic carbocycles. The fourth-order valence-electron chi connectivity index (χ4n) is 1.61. The number of nitrogens with one attached hydrogen (secondary N) is 1. The molecule has 0 spiro atoms. The van der Waals surface area contributed by atoms with Crippen molar-refractivity contribution in [3.05, 3.63) is 23.8 Å². The number of aliphatic hydroxyl groups is 2. The largest absolute Gasteiger partial charge is 0.392 e. The zero-order chi connectivity index (χ0) is 12.6. The third-order valence-electron chi connectivity index (χ3n) is 2.83. The van der Waals surface area contributed by atoms with Crippen molar-refractivity contribution in [2.75, 3.05) is 5.32 Å². The van der Waals surface area contributed by atoms with Gasteiger partial charge in [0.2, 0.25) is 0 Å². The van der Waals surface area contributed by atoms with Crippen LogP contribution in [0.15, 0.2) is 23.1 Å². The molecule has 0 saturated heterocycles. The molecule has 1 aliphatic rings. The zero-order valence-corrected chi connectivity index (χ0v) is 10.5. The number of amides is 1. The van der Waals surface area contributed by atoms with Gasteiger partial charge in [-0.1, -0.05) is 13.0 Å². The summed E-state index contributed by atoms with van der Waals surface area (Å²) in [6.07, 6.45) is -1.45. The van der Waals surface area contributed by atoms with Crippen LogP contribution in [-0.4, -0.2) is 27.5 Å². The van der Waals surface area contributed by atoms with Gasteiger partial charge >= 0.3 is 0 Å². The third kappa shape index (κ3) is 2.46. The zero-order valence-electron chi connectivity index (χ0n) is 9.68. The molecule has 1 heterocycles. The average molecular weight is 253 g/mol. The van der Waals surface area contributed by atoms with E-state index in [4.69, 9.17) is 0 Å². The van der Waals surface area contributed by atoms with Crippen molar-refractivity contribution in [1.82, 2.24) is 0 Å². The lowest BCUT2D eigenvalue weighted by Gasteiger charge is -2.14. The molecule has 0 saturated carbocycles. The maximum Gasteiger partial charge on any atom is 0.257 e. The topological polar surface area (TPSA) is 69.6 Å². The van der Waals surface area contributed by atoms with Crippen LogP contribution in [0, 0.1) is 0 Å². The van der Waals surface area contributed by atoms with E-state index >= 15 is 0 Å². The van der Waals surface area contributed by atoms with Gasteiger partial charge in [0.1, 0.15) is 0 Å². The van der Waals surface area contributed by atoms with Crippen molar-refractivity contribution in [1.29, 1.82) is 0 Å². The number of rotatable bonds is 3. The van der Waals surface area contributed by atoms with Crippen molar-refractivity contribution in [3.8, 4) is 0 Å².